The van der Waals surface area contributed by atoms with Crippen LogP contribution in [0.2, 0.25) is 0 Å². The van der Waals surface area contributed by atoms with Crippen molar-refractivity contribution >= 4 is 17.3 Å². The molecule has 2 aromatic rings. The molecule has 0 bridgehead atoms. The Morgan fingerprint density at radius 3 is 2.53 bits per heavy atom. The zero-order valence-electron chi connectivity index (χ0n) is 9.99. The Balaban J connectivity index is 2.05. The number of carbonyl (C=O) groups is 1. The maximum absolute atomic E-state index is 13.3. The van der Waals surface area contributed by atoms with E-state index < -0.39 is 17.5 Å². The molecule has 19 heavy (non-hydrogen) atoms. The third-order valence-electron chi connectivity index (χ3n) is 2.59. The second-order valence-corrected chi connectivity index (χ2v) is 4.05. The fourth-order valence-electron chi connectivity index (χ4n) is 1.62. The second-order valence-electron chi connectivity index (χ2n) is 4.05. The van der Waals surface area contributed by atoms with E-state index in [0.717, 1.165) is 6.07 Å². The number of hydrogen-bond donors (Lipinski definition) is 2. The number of benzene rings is 2. The Labute approximate surface area is 109 Å². The molecule has 0 heterocycles. The zero-order valence-corrected chi connectivity index (χ0v) is 9.99. The molecule has 0 atom stereocenters. The minimum atomic E-state index is -0.608. The molecule has 0 radical (unpaired) electrons. The molecule has 3 N–H and O–H groups in total. The van der Waals surface area contributed by atoms with Crippen LogP contribution in [0.15, 0.2) is 42.5 Å². The Kier molecular flexibility index (Phi) is 3.75. The fraction of sp³-hybridized carbons (Fsp3) is 0.0714. The molecule has 0 aliphatic carbocycles. The van der Waals surface area contributed by atoms with E-state index in [9.17, 15) is 13.6 Å². The number of amides is 1. The van der Waals surface area contributed by atoms with Gasteiger partial charge in [0.05, 0.1) is 12.1 Å². The van der Waals surface area contributed by atoms with E-state index >= 15 is 0 Å². The van der Waals surface area contributed by atoms with Crippen molar-refractivity contribution in [2.45, 2.75) is 6.42 Å². The first-order valence-electron chi connectivity index (χ1n) is 5.64. The van der Waals surface area contributed by atoms with Gasteiger partial charge < -0.3 is 11.1 Å². The normalized spacial score (nSPS) is 10.2. The summed E-state index contributed by atoms with van der Waals surface area (Å²) < 4.78 is 26.5. The van der Waals surface area contributed by atoms with E-state index in [-0.39, 0.29) is 23.4 Å². The maximum Gasteiger partial charge on any atom is 0.228 e. The Hall–Kier alpha value is -2.43. The predicted molar refractivity (Wildman–Crippen MR) is 69.5 cm³/mol. The van der Waals surface area contributed by atoms with Gasteiger partial charge in [0, 0.05) is 5.69 Å². The van der Waals surface area contributed by atoms with Gasteiger partial charge in [-0.2, -0.15) is 0 Å². The highest BCUT2D eigenvalue weighted by Crippen LogP contribution is 2.16. The second kappa shape index (κ2) is 5.48. The first-order valence-corrected chi connectivity index (χ1v) is 5.64. The lowest BCUT2D eigenvalue weighted by molar-refractivity contribution is -0.115. The van der Waals surface area contributed by atoms with Gasteiger partial charge in [0.15, 0.2) is 0 Å². The van der Waals surface area contributed by atoms with Crippen molar-refractivity contribution < 1.29 is 13.6 Å². The molecular weight excluding hydrogens is 250 g/mol. The van der Waals surface area contributed by atoms with E-state index in [1.165, 1.54) is 24.3 Å². The van der Waals surface area contributed by atoms with Gasteiger partial charge in [-0.1, -0.05) is 18.2 Å². The van der Waals surface area contributed by atoms with Gasteiger partial charge in [-0.3, -0.25) is 4.79 Å². The SMILES string of the molecule is Nc1ccc(NC(=O)Cc2ccccc2F)cc1F. The monoisotopic (exact) mass is 262 g/mol. The van der Waals surface area contributed by atoms with Gasteiger partial charge in [-0.05, 0) is 29.8 Å². The van der Waals surface area contributed by atoms with Crippen LogP contribution in [0.1, 0.15) is 5.56 Å². The van der Waals surface area contributed by atoms with Crippen molar-refractivity contribution in [3.63, 3.8) is 0 Å². The van der Waals surface area contributed by atoms with Crippen molar-refractivity contribution in [1.29, 1.82) is 0 Å². The summed E-state index contributed by atoms with van der Waals surface area (Å²) in [7, 11) is 0. The molecular formula is C14H12F2N2O. The van der Waals surface area contributed by atoms with Crippen LogP contribution in [-0.4, -0.2) is 5.91 Å². The number of nitrogens with two attached hydrogens (primary N) is 1. The van der Waals surface area contributed by atoms with Crippen LogP contribution in [0.5, 0.6) is 0 Å². The third-order valence-corrected chi connectivity index (χ3v) is 2.59. The highest BCUT2D eigenvalue weighted by molar-refractivity contribution is 5.92. The molecule has 0 aliphatic rings. The van der Waals surface area contributed by atoms with Crippen molar-refractivity contribution in [2.75, 3.05) is 11.1 Å². The van der Waals surface area contributed by atoms with Crippen molar-refractivity contribution in [3.05, 3.63) is 59.7 Å². The molecule has 0 aliphatic heterocycles. The molecule has 2 aromatic carbocycles. The lowest BCUT2D eigenvalue weighted by Crippen LogP contribution is -2.15. The van der Waals surface area contributed by atoms with E-state index in [2.05, 4.69) is 5.32 Å². The largest absolute Gasteiger partial charge is 0.396 e. The highest BCUT2D eigenvalue weighted by Gasteiger charge is 2.08. The molecule has 0 unspecified atom stereocenters. The van der Waals surface area contributed by atoms with Crippen molar-refractivity contribution in [1.82, 2.24) is 0 Å². The van der Waals surface area contributed by atoms with Gasteiger partial charge in [0.1, 0.15) is 11.6 Å². The molecule has 0 saturated carbocycles. The standard InChI is InChI=1S/C14H12F2N2O/c15-11-4-2-1-3-9(11)7-14(19)18-10-5-6-13(17)12(16)8-10/h1-6,8H,7,17H2,(H,18,19). The molecule has 0 spiro atoms. The Morgan fingerprint density at radius 2 is 1.84 bits per heavy atom. The number of nitrogen functional groups attached to an aromatic ring is 1. The number of halogens is 2. The van der Waals surface area contributed by atoms with E-state index in [0.29, 0.717) is 0 Å². The number of nitrogens with one attached hydrogen (secondary N) is 1. The van der Waals surface area contributed by atoms with Crippen LogP contribution in [0.4, 0.5) is 20.2 Å². The summed E-state index contributed by atoms with van der Waals surface area (Å²) >= 11 is 0. The molecule has 2 rings (SSSR count). The summed E-state index contributed by atoms with van der Waals surface area (Å²) in [5.74, 6) is -1.47. The highest BCUT2D eigenvalue weighted by atomic mass is 19.1. The summed E-state index contributed by atoms with van der Waals surface area (Å²) in [4.78, 5) is 11.7. The third kappa shape index (κ3) is 3.28. The van der Waals surface area contributed by atoms with Gasteiger partial charge in [-0.25, -0.2) is 8.78 Å². The smallest absolute Gasteiger partial charge is 0.228 e. The first-order chi connectivity index (χ1) is 9.06. The molecule has 0 fully saturated rings. The van der Waals surface area contributed by atoms with Crippen LogP contribution in [0.25, 0.3) is 0 Å². The van der Waals surface area contributed by atoms with Gasteiger partial charge in [0.2, 0.25) is 5.91 Å². The topological polar surface area (TPSA) is 55.1 Å². The van der Waals surface area contributed by atoms with Crippen LogP contribution < -0.4 is 11.1 Å². The van der Waals surface area contributed by atoms with Gasteiger partial charge >= 0.3 is 0 Å². The van der Waals surface area contributed by atoms with Crippen molar-refractivity contribution in [3.8, 4) is 0 Å². The summed E-state index contributed by atoms with van der Waals surface area (Å²) in [5, 5.41) is 2.48. The lowest BCUT2D eigenvalue weighted by atomic mass is 10.1. The van der Waals surface area contributed by atoms with E-state index in [1.807, 2.05) is 0 Å². The molecule has 3 nitrogen and oxygen atoms in total. The van der Waals surface area contributed by atoms with Gasteiger partial charge in [0.25, 0.3) is 0 Å². The maximum atomic E-state index is 13.3. The Morgan fingerprint density at radius 1 is 1.11 bits per heavy atom. The summed E-state index contributed by atoms with van der Waals surface area (Å²) in [6.07, 6.45) is -0.112. The predicted octanol–water partition coefficient (Wildman–Crippen LogP) is 2.73. The zero-order chi connectivity index (χ0) is 13.8. The summed E-state index contributed by atoms with van der Waals surface area (Å²) in [5.41, 5.74) is 5.91. The van der Waals surface area contributed by atoms with Crippen LogP contribution in [0, 0.1) is 11.6 Å². The van der Waals surface area contributed by atoms with E-state index in [4.69, 9.17) is 5.73 Å². The van der Waals surface area contributed by atoms with Gasteiger partial charge in [-0.15, -0.1) is 0 Å². The minimum absolute atomic E-state index is 0.00658. The number of hydrogen-bond acceptors (Lipinski definition) is 2. The molecule has 0 saturated heterocycles. The average Bonchev–Trinajstić information content (AvgIpc) is 2.37. The van der Waals surface area contributed by atoms with E-state index in [1.54, 1.807) is 12.1 Å². The fourth-order valence-corrected chi connectivity index (χ4v) is 1.62. The van der Waals surface area contributed by atoms with Crippen LogP contribution in [-0.2, 0) is 11.2 Å². The number of rotatable bonds is 3. The lowest BCUT2D eigenvalue weighted by Gasteiger charge is -2.07. The molecule has 5 heteroatoms. The summed E-state index contributed by atoms with van der Waals surface area (Å²) in [6.45, 7) is 0. The Bertz CT molecular complexity index is 614. The quantitative estimate of drug-likeness (QED) is 0.836. The average molecular weight is 262 g/mol. The minimum Gasteiger partial charge on any atom is -0.396 e. The summed E-state index contributed by atoms with van der Waals surface area (Å²) in [6, 6.07) is 9.96. The number of anilines is 2. The molecule has 1 amide bonds. The van der Waals surface area contributed by atoms with Crippen LogP contribution in [0.3, 0.4) is 0 Å². The first kappa shape index (κ1) is 13.0. The van der Waals surface area contributed by atoms with Crippen molar-refractivity contribution in [2.24, 2.45) is 0 Å². The molecule has 98 valence electrons. The molecule has 0 aromatic heterocycles. The van der Waals surface area contributed by atoms with Crippen LogP contribution >= 0.6 is 0 Å². The number of carbonyl (C=O) groups excluding carboxylic acids is 1.